The van der Waals surface area contributed by atoms with Crippen LogP contribution < -0.4 is 15.0 Å². The Morgan fingerprint density at radius 1 is 1.30 bits per heavy atom. The summed E-state index contributed by atoms with van der Waals surface area (Å²) in [5.41, 5.74) is 3.19. The average molecular weight is 374 g/mol. The molecule has 0 aliphatic carbocycles. The lowest BCUT2D eigenvalue weighted by Crippen LogP contribution is -2.23. The van der Waals surface area contributed by atoms with Gasteiger partial charge >= 0.3 is 0 Å². The highest BCUT2D eigenvalue weighted by Gasteiger charge is 2.20. The molecule has 1 N–H and O–H groups in total. The molecule has 0 radical (unpaired) electrons. The molecular formula is C22H32FN3O. The number of nitrogens with zero attached hydrogens (tertiary/aromatic N) is 2. The molecule has 27 heavy (non-hydrogen) atoms. The zero-order valence-electron chi connectivity index (χ0n) is 17.2. The second-order valence-electron chi connectivity index (χ2n) is 6.13. The maximum Gasteiger partial charge on any atom is 0.252 e. The Morgan fingerprint density at radius 3 is 2.56 bits per heavy atom. The smallest absolute Gasteiger partial charge is 0.252 e. The molecule has 5 heteroatoms. The van der Waals surface area contributed by atoms with E-state index in [4.69, 9.17) is 4.74 Å². The fourth-order valence-electron chi connectivity index (χ4n) is 2.56. The number of hydrogen-bond donors (Lipinski definition) is 1. The molecule has 4 nitrogen and oxygen atoms in total. The Labute approximate surface area is 163 Å². The highest BCUT2D eigenvalue weighted by Crippen LogP contribution is 2.33. The molecule has 1 rings (SSSR count). The van der Waals surface area contributed by atoms with Gasteiger partial charge in [0.2, 0.25) is 5.82 Å². The first-order valence-electron chi connectivity index (χ1n) is 9.34. The average Bonchev–Trinajstić information content (AvgIpc) is 2.67. The van der Waals surface area contributed by atoms with Crippen molar-refractivity contribution in [2.45, 2.75) is 34.1 Å². The summed E-state index contributed by atoms with van der Waals surface area (Å²) in [4.78, 5) is 6.04. The van der Waals surface area contributed by atoms with E-state index in [0.717, 1.165) is 17.6 Å². The van der Waals surface area contributed by atoms with Crippen molar-refractivity contribution in [3.8, 4) is 5.88 Å². The fourth-order valence-corrected chi connectivity index (χ4v) is 2.56. The first-order valence-corrected chi connectivity index (χ1v) is 9.34. The van der Waals surface area contributed by atoms with E-state index >= 15 is 4.39 Å². The molecule has 0 amide bonds. The molecule has 1 aromatic rings. The van der Waals surface area contributed by atoms with Gasteiger partial charge in [-0.2, -0.15) is 4.39 Å². The van der Waals surface area contributed by atoms with Crippen molar-refractivity contribution in [1.82, 2.24) is 4.98 Å². The number of ether oxygens (including phenoxy) is 1. The summed E-state index contributed by atoms with van der Waals surface area (Å²) in [6, 6.07) is 0. The molecule has 1 aromatic heterocycles. The number of rotatable bonds is 11. The second kappa shape index (κ2) is 11.9. The zero-order chi connectivity index (χ0) is 20.2. The van der Waals surface area contributed by atoms with Crippen LogP contribution >= 0.6 is 0 Å². The molecule has 0 unspecified atom stereocenters. The van der Waals surface area contributed by atoms with E-state index in [1.807, 2.05) is 63.9 Å². The summed E-state index contributed by atoms with van der Waals surface area (Å²) in [7, 11) is 1.87. The molecule has 0 aromatic carbocycles. The SMILES string of the molecule is C=C/C(=C\C)CNc1cnc(OCCC)c(F)c1N(C)CC(/C=C\C)=C/C. The third-order valence-electron chi connectivity index (χ3n) is 4.07. The largest absolute Gasteiger partial charge is 0.476 e. The number of aromatic nitrogens is 1. The summed E-state index contributed by atoms with van der Waals surface area (Å²) in [6.07, 6.45) is 12.2. The summed E-state index contributed by atoms with van der Waals surface area (Å²) in [5, 5.41) is 3.27. The molecular weight excluding hydrogens is 341 g/mol. The highest BCUT2D eigenvalue weighted by atomic mass is 19.1. The van der Waals surface area contributed by atoms with Crippen molar-refractivity contribution in [2.75, 3.05) is 37.0 Å². The van der Waals surface area contributed by atoms with Crippen LogP contribution in [-0.2, 0) is 0 Å². The lowest BCUT2D eigenvalue weighted by atomic mass is 10.2. The normalized spacial score (nSPS) is 12.4. The lowest BCUT2D eigenvalue weighted by molar-refractivity contribution is 0.289. The molecule has 0 aliphatic rings. The Hall–Kier alpha value is -2.56. The van der Waals surface area contributed by atoms with Gasteiger partial charge in [-0.15, -0.1) is 0 Å². The predicted octanol–water partition coefficient (Wildman–Crippen LogP) is 5.51. The summed E-state index contributed by atoms with van der Waals surface area (Å²) in [6.45, 7) is 13.2. The minimum Gasteiger partial charge on any atom is -0.476 e. The van der Waals surface area contributed by atoms with Gasteiger partial charge in [0.1, 0.15) is 5.69 Å². The molecule has 0 spiro atoms. The van der Waals surface area contributed by atoms with E-state index in [1.165, 1.54) is 0 Å². The van der Waals surface area contributed by atoms with Crippen molar-refractivity contribution in [3.05, 3.63) is 60.1 Å². The summed E-state index contributed by atoms with van der Waals surface area (Å²) >= 11 is 0. The topological polar surface area (TPSA) is 37.4 Å². The summed E-state index contributed by atoms with van der Waals surface area (Å²) in [5.74, 6) is -0.417. The van der Waals surface area contributed by atoms with Crippen LogP contribution in [0, 0.1) is 5.82 Å². The van der Waals surface area contributed by atoms with Crippen LogP contribution in [0.2, 0.25) is 0 Å². The quantitative estimate of drug-likeness (QED) is 0.519. The van der Waals surface area contributed by atoms with Gasteiger partial charge < -0.3 is 15.0 Å². The number of likely N-dealkylation sites (N-methyl/N-ethyl adjacent to an activating group) is 1. The zero-order valence-corrected chi connectivity index (χ0v) is 17.2. The molecule has 0 fully saturated rings. The van der Waals surface area contributed by atoms with E-state index in [1.54, 1.807) is 12.3 Å². The van der Waals surface area contributed by atoms with Gasteiger partial charge in [0.15, 0.2) is 0 Å². The third kappa shape index (κ3) is 6.59. The molecule has 0 saturated heterocycles. The fraction of sp³-hybridized carbons (Fsp3) is 0.409. The minimum absolute atomic E-state index is 0.0345. The van der Waals surface area contributed by atoms with Crippen LogP contribution in [0.3, 0.4) is 0 Å². The van der Waals surface area contributed by atoms with Gasteiger partial charge in [0.25, 0.3) is 5.88 Å². The van der Waals surface area contributed by atoms with Crippen molar-refractivity contribution in [3.63, 3.8) is 0 Å². The van der Waals surface area contributed by atoms with Crippen LogP contribution in [0.25, 0.3) is 0 Å². The minimum atomic E-state index is -0.451. The van der Waals surface area contributed by atoms with Gasteiger partial charge in [-0.25, -0.2) is 4.98 Å². The molecule has 0 saturated carbocycles. The van der Waals surface area contributed by atoms with Gasteiger partial charge in [-0.3, -0.25) is 0 Å². The Morgan fingerprint density at radius 2 is 2.00 bits per heavy atom. The second-order valence-corrected chi connectivity index (χ2v) is 6.13. The van der Waals surface area contributed by atoms with Crippen molar-refractivity contribution >= 4 is 11.4 Å². The monoisotopic (exact) mass is 373 g/mol. The van der Waals surface area contributed by atoms with Gasteiger partial charge in [0, 0.05) is 20.1 Å². The highest BCUT2D eigenvalue weighted by molar-refractivity contribution is 5.72. The number of allylic oxidation sites excluding steroid dienone is 3. The Balaban J connectivity index is 3.25. The first kappa shape index (κ1) is 22.5. The van der Waals surface area contributed by atoms with E-state index < -0.39 is 5.82 Å². The van der Waals surface area contributed by atoms with Crippen molar-refractivity contribution in [2.24, 2.45) is 0 Å². The van der Waals surface area contributed by atoms with Gasteiger partial charge in [-0.05, 0) is 38.3 Å². The van der Waals surface area contributed by atoms with E-state index in [-0.39, 0.29) is 5.88 Å². The molecule has 0 atom stereocenters. The number of pyridine rings is 1. The van der Waals surface area contributed by atoms with Crippen LogP contribution in [0.1, 0.15) is 34.1 Å². The van der Waals surface area contributed by atoms with Crippen molar-refractivity contribution in [1.29, 1.82) is 0 Å². The van der Waals surface area contributed by atoms with E-state index in [2.05, 4.69) is 16.9 Å². The third-order valence-corrected chi connectivity index (χ3v) is 4.07. The number of nitrogens with one attached hydrogen (secondary N) is 1. The molecule has 0 bridgehead atoms. The van der Waals surface area contributed by atoms with Crippen LogP contribution in [-0.4, -0.2) is 31.7 Å². The maximum absolute atomic E-state index is 15.2. The van der Waals surface area contributed by atoms with Crippen LogP contribution in [0.5, 0.6) is 5.88 Å². The number of halogens is 1. The predicted molar refractivity (Wildman–Crippen MR) is 114 cm³/mol. The van der Waals surface area contributed by atoms with Crippen LogP contribution in [0.15, 0.2) is 54.3 Å². The van der Waals surface area contributed by atoms with Crippen LogP contribution in [0.4, 0.5) is 15.8 Å². The first-order chi connectivity index (χ1) is 13.0. The lowest BCUT2D eigenvalue weighted by Gasteiger charge is -2.25. The Kier molecular flexibility index (Phi) is 9.94. The summed E-state index contributed by atoms with van der Waals surface area (Å²) < 4.78 is 20.7. The van der Waals surface area contributed by atoms with E-state index in [9.17, 15) is 0 Å². The van der Waals surface area contributed by atoms with Gasteiger partial charge in [-0.1, -0.05) is 43.9 Å². The number of anilines is 2. The molecule has 148 valence electrons. The maximum atomic E-state index is 15.2. The Bertz CT molecular complexity index is 708. The number of hydrogen-bond acceptors (Lipinski definition) is 4. The molecule has 0 aliphatic heterocycles. The van der Waals surface area contributed by atoms with Gasteiger partial charge in [0.05, 0.1) is 18.5 Å². The molecule has 1 heterocycles. The van der Waals surface area contributed by atoms with E-state index in [0.29, 0.717) is 31.1 Å². The standard InChI is InChI=1S/C22H32FN3O/c1-7-12-18(11-5)16-26(6)21-19(24-14-17(9-3)10-4)15-25-22(20(21)23)27-13-8-2/h7,9-12,15,24H,3,8,13-14,16H2,1-2,4-6H3/b12-7-,17-10+,18-11+. The van der Waals surface area contributed by atoms with Crippen molar-refractivity contribution < 1.29 is 9.13 Å².